The van der Waals surface area contributed by atoms with E-state index in [1.807, 2.05) is 31.2 Å². The number of amides is 2. The zero-order valence-electron chi connectivity index (χ0n) is 12.9. The van der Waals surface area contributed by atoms with E-state index < -0.39 is 12.0 Å². The van der Waals surface area contributed by atoms with Gasteiger partial charge < -0.3 is 20.1 Å². The maximum absolute atomic E-state index is 12.3. The third-order valence-electron chi connectivity index (χ3n) is 3.39. The molecule has 0 saturated heterocycles. The summed E-state index contributed by atoms with van der Waals surface area (Å²) in [7, 11) is 1.54. The highest BCUT2D eigenvalue weighted by molar-refractivity contribution is 5.95. The predicted octanol–water partition coefficient (Wildman–Crippen LogP) is 1.81. The molecule has 0 spiro atoms. The van der Waals surface area contributed by atoms with E-state index in [-0.39, 0.29) is 12.6 Å². The van der Waals surface area contributed by atoms with Gasteiger partial charge in [-0.1, -0.05) is 29.8 Å². The van der Waals surface area contributed by atoms with Crippen LogP contribution in [-0.2, 0) is 14.3 Å². The van der Waals surface area contributed by atoms with Crippen LogP contribution >= 0.6 is 0 Å². The number of rotatable bonds is 5. The Kier molecular flexibility index (Phi) is 5.16. The molecule has 2 rings (SSSR count). The first kappa shape index (κ1) is 16.0. The van der Waals surface area contributed by atoms with Crippen LogP contribution in [0.4, 0.5) is 4.79 Å². The van der Waals surface area contributed by atoms with Gasteiger partial charge in [0.05, 0.1) is 18.2 Å². The second-order valence-corrected chi connectivity index (χ2v) is 5.11. The molecule has 1 unspecified atom stereocenters. The van der Waals surface area contributed by atoms with Crippen molar-refractivity contribution in [1.29, 1.82) is 0 Å². The predicted molar refractivity (Wildman–Crippen MR) is 81.1 cm³/mol. The first-order chi connectivity index (χ1) is 10.5. The van der Waals surface area contributed by atoms with E-state index in [0.717, 1.165) is 11.1 Å². The van der Waals surface area contributed by atoms with Crippen LogP contribution in [0.2, 0.25) is 0 Å². The van der Waals surface area contributed by atoms with Crippen molar-refractivity contribution in [2.75, 3.05) is 20.3 Å². The topological polar surface area (TPSA) is 76.7 Å². The number of esters is 1. The summed E-state index contributed by atoms with van der Waals surface area (Å²) < 4.78 is 10.1. The quantitative estimate of drug-likeness (QED) is 0.642. The first-order valence-corrected chi connectivity index (χ1v) is 7.04. The summed E-state index contributed by atoms with van der Waals surface area (Å²) in [4.78, 5) is 24.1. The Hall–Kier alpha value is -2.34. The Morgan fingerprint density at radius 2 is 2.05 bits per heavy atom. The number of hydrogen-bond acceptors (Lipinski definition) is 4. The van der Waals surface area contributed by atoms with Crippen molar-refractivity contribution in [3.8, 4) is 0 Å². The van der Waals surface area contributed by atoms with Gasteiger partial charge in [0.15, 0.2) is 0 Å². The molecule has 0 bridgehead atoms. The summed E-state index contributed by atoms with van der Waals surface area (Å²) >= 11 is 0. The number of aryl methyl sites for hydroxylation is 1. The van der Waals surface area contributed by atoms with Crippen LogP contribution in [0.3, 0.4) is 0 Å². The Balaban J connectivity index is 2.30. The van der Waals surface area contributed by atoms with Crippen LogP contribution in [-0.4, -0.2) is 32.3 Å². The molecule has 2 N–H and O–H groups in total. The molecule has 0 saturated carbocycles. The molecule has 6 heteroatoms. The highest BCUT2D eigenvalue weighted by Gasteiger charge is 2.32. The average Bonchev–Trinajstić information content (AvgIpc) is 2.46. The molecule has 6 nitrogen and oxygen atoms in total. The van der Waals surface area contributed by atoms with Crippen LogP contribution in [0.15, 0.2) is 35.5 Å². The molecule has 118 valence electrons. The lowest BCUT2D eigenvalue weighted by Gasteiger charge is -2.28. The van der Waals surface area contributed by atoms with E-state index in [9.17, 15) is 9.59 Å². The number of carbonyl (C=O) groups is 2. The molecule has 1 heterocycles. The molecule has 0 aliphatic carbocycles. The molecule has 1 aromatic carbocycles. The lowest BCUT2D eigenvalue weighted by atomic mass is 9.94. The van der Waals surface area contributed by atoms with Gasteiger partial charge in [-0.25, -0.2) is 9.59 Å². The lowest BCUT2D eigenvalue weighted by molar-refractivity contribution is -0.140. The third kappa shape index (κ3) is 3.65. The minimum Gasteiger partial charge on any atom is -0.460 e. The van der Waals surface area contributed by atoms with E-state index in [1.165, 1.54) is 7.11 Å². The van der Waals surface area contributed by atoms with Gasteiger partial charge >= 0.3 is 12.0 Å². The second-order valence-electron chi connectivity index (χ2n) is 5.11. The Labute approximate surface area is 129 Å². The smallest absolute Gasteiger partial charge is 0.338 e. The zero-order chi connectivity index (χ0) is 16.1. The monoisotopic (exact) mass is 304 g/mol. The number of hydrogen-bond donors (Lipinski definition) is 2. The van der Waals surface area contributed by atoms with E-state index in [4.69, 9.17) is 9.47 Å². The standard InChI is InChI=1S/C16H20N2O4/c1-10-5-4-6-12(9-10)14-13(11(2)17-16(20)18-14)15(19)22-8-7-21-3/h4-6,9,14H,7-8H2,1-3H3,(H2,17,18,20). The van der Waals surface area contributed by atoms with Crippen LogP contribution in [0, 0.1) is 6.92 Å². The molecule has 0 fully saturated rings. The Morgan fingerprint density at radius 1 is 1.27 bits per heavy atom. The summed E-state index contributed by atoms with van der Waals surface area (Å²) in [6, 6.07) is 6.80. The van der Waals surface area contributed by atoms with Crippen molar-refractivity contribution >= 4 is 12.0 Å². The van der Waals surface area contributed by atoms with Crippen LogP contribution in [0.1, 0.15) is 24.1 Å². The number of ether oxygens (including phenoxy) is 2. The molecular formula is C16H20N2O4. The van der Waals surface area contributed by atoms with E-state index in [0.29, 0.717) is 17.9 Å². The van der Waals surface area contributed by atoms with Gasteiger partial charge in [0.25, 0.3) is 0 Å². The van der Waals surface area contributed by atoms with Gasteiger partial charge in [0.1, 0.15) is 6.61 Å². The number of allylic oxidation sites excluding steroid dienone is 1. The van der Waals surface area contributed by atoms with Crippen molar-refractivity contribution in [2.24, 2.45) is 0 Å². The van der Waals surface area contributed by atoms with Crippen molar-refractivity contribution in [2.45, 2.75) is 19.9 Å². The van der Waals surface area contributed by atoms with Crippen LogP contribution in [0.5, 0.6) is 0 Å². The normalized spacial score (nSPS) is 17.8. The maximum Gasteiger partial charge on any atom is 0.338 e. The third-order valence-corrected chi connectivity index (χ3v) is 3.39. The van der Waals surface area contributed by atoms with E-state index in [1.54, 1.807) is 6.92 Å². The van der Waals surface area contributed by atoms with Crippen LogP contribution in [0.25, 0.3) is 0 Å². The number of benzene rings is 1. The van der Waals surface area contributed by atoms with Gasteiger partial charge in [-0.15, -0.1) is 0 Å². The minimum atomic E-state index is -0.524. The van der Waals surface area contributed by atoms with E-state index >= 15 is 0 Å². The molecule has 1 aliphatic rings. The molecule has 1 aromatic rings. The van der Waals surface area contributed by atoms with Crippen molar-refractivity contribution in [3.05, 3.63) is 46.7 Å². The number of nitrogens with one attached hydrogen (secondary N) is 2. The maximum atomic E-state index is 12.3. The average molecular weight is 304 g/mol. The summed E-state index contributed by atoms with van der Waals surface area (Å²) in [5, 5.41) is 5.38. The second kappa shape index (κ2) is 7.09. The SMILES string of the molecule is COCCOC(=O)C1=C(C)NC(=O)NC1c1cccc(C)c1. The minimum absolute atomic E-state index is 0.167. The highest BCUT2D eigenvalue weighted by atomic mass is 16.6. The highest BCUT2D eigenvalue weighted by Crippen LogP contribution is 2.27. The molecule has 0 radical (unpaired) electrons. The van der Waals surface area contributed by atoms with Crippen molar-refractivity contribution in [3.63, 3.8) is 0 Å². The zero-order valence-corrected chi connectivity index (χ0v) is 12.9. The van der Waals surface area contributed by atoms with Crippen molar-refractivity contribution < 1.29 is 19.1 Å². The van der Waals surface area contributed by atoms with Crippen LogP contribution < -0.4 is 10.6 Å². The fourth-order valence-electron chi connectivity index (χ4n) is 2.36. The summed E-state index contributed by atoms with van der Waals surface area (Å²) in [6.07, 6.45) is 0. The van der Waals surface area contributed by atoms with Gasteiger partial charge in [-0.2, -0.15) is 0 Å². The summed E-state index contributed by atoms with van der Waals surface area (Å²) in [5.41, 5.74) is 2.79. The molecule has 22 heavy (non-hydrogen) atoms. The number of methoxy groups -OCH3 is 1. The summed E-state index contributed by atoms with van der Waals surface area (Å²) in [5.74, 6) is -0.464. The van der Waals surface area contributed by atoms with Gasteiger partial charge in [0, 0.05) is 12.8 Å². The largest absolute Gasteiger partial charge is 0.460 e. The fraction of sp³-hybridized carbons (Fsp3) is 0.375. The molecule has 2 amide bonds. The summed E-state index contributed by atoms with van der Waals surface area (Å²) in [6.45, 7) is 4.14. The van der Waals surface area contributed by atoms with Gasteiger partial charge in [-0.3, -0.25) is 0 Å². The lowest BCUT2D eigenvalue weighted by Crippen LogP contribution is -2.45. The van der Waals surface area contributed by atoms with Gasteiger partial charge in [0.2, 0.25) is 0 Å². The number of urea groups is 1. The Bertz CT molecular complexity index is 610. The molecule has 1 aliphatic heterocycles. The molecule has 1 atom stereocenters. The molecule has 0 aromatic heterocycles. The molecular weight excluding hydrogens is 284 g/mol. The van der Waals surface area contributed by atoms with Gasteiger partial charge in [-0.05, 0) is 19.4 Å². The Morgan fingerprint density at radius 3 is 2.73 bits per heavy atom. The van der Waals surface area contributed by atoms with E-state index in [2.05, 4.69) is 10.6 Å². The fourth-order valence-corrected chi connectivity index (χ4v) is 2.36. The van der Waals surface area contributed by atoms with Crippen molar-refractivity contribution in [1.82, 2.24) is 10.6 Å². The number of carbonyl (C=O) groups excluding carboxylic acids is 2. The first-order valence-electron chi connectivity index (χ1n) is 7.04.